The van der Waals surface area contributed by atoms with Crippen molar-refractivity contribution in [1.29, 1.82) is 0 Å². The lowest BCUT2D eigenvalue weighted by molar-refractivity contribution is 0.221. The average Bonchev–Trinajstić information content (AvgIpc) is 2.94. The Bertz CT molecular complexity index is 510. The lowest BCUT2D eigenvalue weighted by atomic mass is 9.71. The second-order valence-electron chi connectivity index (χ2n) is 6.13. The zero-order chi connectivity index (χ0) is 13.5. The van der Waals surface area contributed by atoms with Gasteiger partial charge in [0, 0.05) is 29.9 Å². The number of allylic oxidation sites excluding steroid dienone is 2. The molecule has 0 spiro atoms. The van der Waals surface area contributed by atoms with Gasteiger partial charge in [-0.05, 0) is 24.3 Å². The Labute approximate surface area is 115 Å². The summed E-state index contributed by atoms with van der Waals surface area (Å²) in [5.74, 6) is 0.604. The average molecular weight is 257 g/mol. The molecule has 102 valence electrons. The van der Waals surface area contributed by atoms with Gasteiger partial charge in [-0.25, -0.2) is 4.98 Å². The molecule has 3 heteroatoms. The molecule has 3 nitrogen and oxygen atoms in total. The van der Waals surface area contributed by atoms with Crippen LogP contribution in [-0.2, 0) is 5.41 Å². The summed E-state index contributed by atoms with van der Waals surface area (Å²) >= 11 is 0. The first-order chi connectivity index (χ1) is 9.17. The van der Waals surface area contributed by atoms with Crippen LogP contribution in [0.15, 0.2) is 35.8 Å². The Morgan fingerprint density at radius 3 is 2.89 bits per heavy atom. The minimum Gasteiger partial charge on any atom is -0.348 e. The molecule has 1 aromatic heterocycles. The van der Waals surface area contributed by atoms with Gasteiger partial charge in [-0.15, -0.1) is 0 Å². The molecule has 1 aliphatic carbocycles. The number of aromatic amines is 1. The smallest absolute Gasteiger partial charge is 0.0921 e. The highest BCUT2D eigenvalue weighted by Gasteiger charge is 2.54. The molecule has 0 bridgehead atoms. The zero-order valence-corrected chi connectivity index (χ0v) is 12.0. The molecule has 0 amide bonds. The Balaban J connectivity index is 1.92. The maximum atomic E-state index is 4.21. The van der Waals surface area contributed by atoms with Crippen LogP contribution in [0.5, 0.6) is 0 Å². The lowest BCUT2D eigenvalue weighted by Gasteiger charge is -2.46. The number of nitrogens with one attached hydrogen (secondary N) is 2. The van der Waals surface area contributed by atoms with Gasteiger partial charge in [-0.1, -0.05) is 38.5 Å². The standard InChI is InChI=1S/C16H23N3/c1-4-12-7-16(14-8-17-10-19-14)9-18-15(16)13(12)6-5-11(2)3/h5-6,8,10-11,15,18H,4,7,9H2,1-3H3,(H,17,19)/b6-5-. The Kier molecular flexibility index (Phi) is 3.09. The number of nitrogens with zero attached hydrogens (tertiary/aromatic N) is 1. The van der Waals surface area contributed by atoms with Crippen LogP contribution < -0.4 is 5.32 Å². The second kappa shape index (κ2) is 4.64. The maximum Gasteiger partial charge on any atom is 0.0921 e. The highest BCUT2D eigenvalue weighted by molar-refractivity contribution is 5.49. The predicted octanol–water partition coefficient (Wildman–Crippen LogP) is 2.94. The van der Waals surface area contributed by atoms with Gasteiger partial charge in [-0.2, -0.15) is 0 Å². The molecule has 2 atom stereocenters. The third-order valence-corrected chi connectivity index (χ3v) is 4.54. The molecule has 2 aliphatic rings. The fourth-order valence-electron chi connectivity index (χ4n) is 3.42. The van der Waals surface area contributed by atoms with E-state index in [0.29, 0.717) is 12.0 Å². The molecule has 0 radical (unpaired) electrons. The van der Waals surface area contributed by atoms with Crippen molar-refractivity contribution >= 4 is 0 Å². The van der Waals surface area contributed by atoms with Crippen LogP contribution in [0.4, 0.5) is 0 Å². The summed E-state index contributed by atoms with van der Waals surface area (Å²) in [4.78, 5) is 7.54. The van der Waals surface area contributed by atoms with Gasteiger partial charge in [0.1, 0.15) is 0 Å². The largest absolute Gasteiger partial charge is 0.348 e. The minimum absolute atomic E-state index is 0.235. The van der Waals surface area contributed by atoms with Crippen molar-refractivity contribution in [2.75, 3.05) is 6.54 Å². The van der Waals surface area contributed by atoms with E-state index in [4.69, 9.17) is 0 Å². The molecule has 2 unspecified atom stereocenters. The number of H-pyrrole nitrogens is 1. The van der Waals surface area contributed by atoms with Gasteiger partial charge in [-0.3, -0.25) is 0 Å². The predicted molar refractivity (Wildman–Crippen MR) is 78.0 cm³/mol. The van der Waals surface area contributed by atoms with Crippen molar-refractivity contribution in [2.45, 2.75) is 45.1 Å². The quantitative estimate of drug-likeness (QED) is 0.870. The van der Waals surface area contributed by atoms with Crippen LogP contribution in [-0.4, -0.2) is 22.6 Å². The van der Waals surface area contributed by atoms with E-state index in [1.165, 1.54) is 17.7 Å². The molecule has 2 heterocycles. The fourth-order valence-corrected chi connectivity index (χ4v) is 3.42. The van der Waals surface area contributed by atoms with Crippen molar-refractivity contribution in [3.8, 4) is 0 Å². The van der Waals surface area contributed by atoms with Crippen molar-refractivity contribution in [2.24, 2.45) is 5.92 Å². The molecule has 1 fully saturated rings. The monoisotopic (exact) mass is 257 g/mol. The number of imidazole rings is 1. The minimum atomic E-state index is 0.235. The number of hydrogen-bond acceptors (Lipinski definition) is 2. The zero-order valence-electron chi connectivity index (χ0n) is 12.0. The SMILES string of the molecule is CCC1=C(/C=C\C(C)C)C2NCC2(c2cnc[nH]2)C1. The Hall–Kier alpha value is -1.35. The topological polar surface area (TPSA) is 40.7 Å². The van der Waals surface area contributed by atoms with Gasteiger partial charge < -0.3 is 10.3 Å². The number of aromatic nitrogens is 2. The van der Waals surface area contributed by atoms with Gasteiger partial charge in [0.25, 0.3) is 0 Å². The van der Waals surface area contributed by atoms with E-state index in [0.717, 1.165) is 13.0 Å². The van der Waals surface area contributed by atoms with Crippen LogP contribution in [0, 0.1) is 5.92 Å². The molecular weight excluding hydrogens is 234 g/mol. The molecule has 0 saturated carbocycles. The number of hydrogen-bond donors (Lipinski definition) is 2. The van der Waals surface area contributed by atoms with E-state index < -0.39 is 0 Å². The van der Waals surface area contributed by atoms with E-state index in [2.05, 4.69) is 48.2 Å². The summed E-state index contributed by atoms with van der Waals surface area (Å²) in [7, 11) is 0. The second-order valence-corrected chi connectivity index (χ2v) is 6.13. The summed E-state index contributed by atoms with van der Waals surface area (Å²) in [5, 5.41) is 3.62. The van der Waals surface area contributed by atoms with Crippen LogP contribution in [0.3, 0.4) is 0 Å². The Morgan fingerprint density at radius 1 is 1.53 bits per heavy atom. The first-order valence-corrected chi connectivity index (χ1v) is 7.29. The van der Waals surface area contributed by atoms with E-state index in [1.807, 2.05) is 6.20 Å². The first-order valence-electron chi connectivity index (χ1n) is 7.29. The van der Waals surface area contributed by atoms with Crippen LogP contribution in [0.25, 0.3) is 0 Å². The van der Waals surface area contributed by atoms with Crippen LogP contribution >= 0.6 is 0 Å². The van der Waals surface area contributed by atoms with Gasteiger partial charge in [0.05, 0.1) is 6.33 Å². The highest BCUT2D eigenvalue weighted by atomic mass is 15.1. The molecule has 1 aromatic rings. The molecule has 1 saturated heterocycles. The summed E-state index contributed by atoms with van der Waals surface area (Å²) in [6.07, 6.45) is 10.8. The van der Waals surface area contributed by atoms with Crippen molar-refractivity contribution in [1.82, 2.24) is 15.3 Å². The molecule has 3 rings (SSSR count). The first kappa shape index (κ1) is 12.7. The van der Waals surface area contributed by atoms with Gasteiger partial charge >= 0.3 is 0 Å². The fraction of sp³-hybridized carbons (Fsp3) is 0.562. The normalized spacial score (nSPS) is 30.2. The van der Waals surface area contributed by atoms with Crippen LogP contribution in [0.2, 0.25) is 0 Å². The summed E-state index contributed by atoms with van der Waals surface area (Å²) in [6.45, 7) is 7.79. The van der Waals surface area contributed by atoms with E-state index in [9.17, 15) is 0 Å². The summed E-state index contributed by atoms with van der Waals surface area (Å²) in [5.41, 5.74) is 4.63. The van der Waals surface area contributed by atoms with Gasteiger partial charge in [0.2, 0.25) is 0 Å². The third kappa shape index (κ3) is 1.88. The Morgan fingerprint density at radius 2 is 2.37 bits per heavy atom. The molecule has 1 aliphatic heterocycles. The highest BCUT2D eigenvalue weighted by Crippen LogP contribution is 2.49. The maximum absolute atomic E-state index is 4.21. The van der Waals surface area contributed by atoms with Crippen LogP contribution in [0.1, 0.15) is 39.3 Å². The molecular formula is C16H23N3. The van der Waals surface area contributed by atoms with E-state index >= 15 is 0 Å². The summed E-state index contributed by atoms with van der Waals surface area (Å²) < 4.78 is 0. The summed E-state index contributed by atoms with van der Waals surface area (Å²) in [6, 6.07) is 0.470. The molecule has 0 aromatic carbocycles. The van der Waals surface area contributed by atoms with Crippen molar-refractivity contribution in [3.63, 3.8) is 0 Å². The molecule has 2 N–H and O–H groups in total. The van der Waals surface area contributed by atoms with E-state index in [-0.39, 0.29) is 5.41 Å². The van der Waals surface area contributed by atoms with Crippen molar-refractivity contribution < 1.29 is 0 Å². The van der Waals surface area contributed by atoms with E-state index in [1.54, 1.807) is 11.9 Å². The third-order valence-electron chi connectivity index (χ3n) is 4.54. The van der Waals surface area contributed by atoms with Crippen molar-refractivity contribution in [3.05, 3.63) is 41.5 Å². The lowest BCUT2D eigenvalue weighted by Crippen LogP contribution is -2.63. The number of fused-ring (bicyclic) bond motifs is 1. The number of rotatable bonds is 4. The molecule has 19 heavy (non-hydrogen) atoms. The van der Waals surface area contributed by atoms with Gasteiger partial charge in [0.15, 0.2) is 0 Å².